The molecule has 144 valence electrons. The van der Waals surface area contributed by atoms with E-state index in [0.717, 1.165) is 16.8 Å². The van der Waals surface area contributed by atoms with Crippen molar-refractivity contribution in [2.45, 2.75) is 40.5 Å². The lowest BCUT2D eigenvalue weighted by Crippen LogP contribution is -2.26. The van der Waals surface area contributed by atoms with E-state index in [-0.39, 0.29) is 11.8 Å². The SMILES string of the molecule is CCOc1ccccc1C(=O)NCCCC(=O)Nc1c(C)cc(C)cc1C. The summed E-state index contributed by atoms with van der Waals surface area (Å²) in [5.41, 5.74) is 4.68. The predicted octanol–water partition coefficient (Wildman–Crippen LogP) is 4.16. The number of anilines is 1. The summed E-state index contributed by atoms with van der Waals surface area (Å²) in [5.74, 6) is 0.333. The highest BCUT2D eigenvalue weighted by Crippen LogP contribution is 2.22. The zero-order valence-electron chi connectivity index (χ0n) is 16.5. The molecule has 0 aliphatic rings. The summed E-state index contributed by atoms with van der Waals surface area (Å²) in [5, 5.41) is 5.83. The Hall–Kier alpha value is -2.82. The van der Waals surface area contributed by atoms with Gasteiger partial charge < -0.3 is 15.4 Å². The molecule has 0 radical (unpaired) electrons. The van der Waals surface area contributed by atoms with Gasteiger partial charge in [0.25, 0.3) is 5.91 Å². The lowest BCUT2D eigenvalue weighted by atomic mass is 10.0. The highest BCUT2D eigenvalue weighted by molar-refractivity contribution is 5.97. The standard InChI is InChI=1S/C22H28N2O3/c1-5-27-19-10-7-6-9-18(19)22(26)23-12-8-11-20(25)24-21-16(3)13-15(2)14-17(21)4/h6-7,9-10,13-14H,5,8,11-12H2,1-4H3,(H,23,26)(H,24,25). The maximum atomic E-state index is 12.3. The Morgan fingerprint density at radius 1 is 1.04 bits per heavy atom. The molecule has 2 N–H and O–H groups in total. The Kier molecular flexibility index (Phi) is 7.41. The average molecular weight is 368 g/mol. The van der Waals surface area contributed by atoms with Crippen molar-refractivity contribution in [2.24, 2.45) is 0 Å². The highest BCUT2D eigenvalue weighted by Gasteiger charge is 2.12. The Balaban J connectivity index is 1.82. The third kappa shape index (κ3) is 5.84. The van der Waals surface area contributed by atoms with Crippen LogP contribution in [0, 0.1) is 20.8 Å². The number of rotatable bonds is 8. The van der Waals surface area contributed by atoms with E-state index in [1.165, 1.54) is 5.56 Å². The van der Waals surface area contributed by atoms with Crippen LogP contribution in [0.2, 0.25) is 0 Å². The van der Waals surface area contributed by atoms with E-state index in [4.69, 9.17) is 4.74 Å². The molecular formula is C22H28N2O3. The Morgan fingerprint density at radius 2 is 1.70 bits per heavy atom. The first-order valence-corrected chi connectivity index (χ1v) is 9.30. The van der Waals surface area contributed by atoms with Crippen LogP contribution in [0.15, 0.2) is 36.4 Å². The number of hydrogen-bond donors (Lipinski definition) is 2. The normalized spacial score (nSPS) is 10.4. The molecule has 27 heavy (non-hydrogen) atoms. The number of amides is 2. The van der Waals surface area contributed by atoms with Crippen molar-refractivity contribution < 1.29 is 14.3 Å². The highest BCUT2D eigenvalue weighted by atomic mass is 16.5. The molecule has 0 atom stereocenters. The van der Waals surface area contributed by atoms with Crippen molar-refractivity contribution >= 4 is 17.5 Å². The van der Waals surface area contributed by atoms with Crippen molar-refractivity contribution in [2.75, 3.05) is 18.5 Å². The summed E-state index contributed by atoms with van der Waals surface area (Å²) in [6.07, 6.45) is 0.915. The lowest BCUT2D eigenvalue weighted by Gasteiger charge is -2.13. The van der Waals surface area contributed by atoms with Crippen LogP contribution < -0.4 is 15.4 Å². The van der Waals surface area contributed by atoms with E-state index in [2.05, 4.69) is 22.8 Å². The molecule has 0 unspecified atom stereocenters. The van der Waals surface area contributed by atoms with E-state index in [0.29, 0.717) is 37.3 Å². The van der Waals surface area contributed by atoms with Gasteiger partial charge in [-0.1, -0.05) is 29.8 Å². The van der Waals surface area contributed by atoms with Crippen molar-refractivity contribution in [1.82, 2.24) is 5.32 Å². The van der Waals surface area contributed by atoms with Gasteiger partial charge in [0.05, 0.1) is 12.2 Å². The van der Waals surface area contributed by atoms with Gasteiger partial charge in [0, 0.05) is 18.7 Å². The van der Waals surface area contributed by atoms with Gasteiger partial charge >= 0.3 is 0 Å². The fraction of sp³-hybridized carbons (Fsp3) is 0.364. The van der Waals surface area contributed by atoms with Gasteiger partial charge in [0.15, 0.2) is 0 Å². The summed E-state index contributed by atoms with van der Waals surface area (Å²) in [6, 6.07) is 11.3. The van der Waals surface area contributed by atoms with Gasteiger partial charge in [-0.15, -0.1) is 0 Å². The molecule has 2 aromatic carbocycles. The van der Waals surface area contributed by atoms with E-state index in [1.807, 2.05) is 33.8 Å². The summed E-state index contributed by atoms with van der Waals surface area (Å²) < 4.78 is 5.47. The minimum absolute atomic E-state index is 0.0472. The number of aryl methyl sites for hydroxylation is 3. The van der Waals surface area contributed by atoms with Crippen LogP contribution in [0.25, 0.3) is 0 Å². The third-order valence-corrected chi connectivity index (χ3v) is 4.24. The largest absolute Gasteiger partial charge is 0.493 e. The molecule has 0 aliphatic carbocycles. The van der Waals surface area contributed by atoms with Crippen LogP contribution in [0.5, 0.6) is 5.75 Å². The number of carbonyl (C=O) groups excluding carboxylic acids is 2. The first kappa shape index (κ1) is 20.5. The maximum Gasteiger partial charge on any atom is 0.255 e. The number of para-hydroxylation sites is 1. The molecule has 0 fully saturated rings. The molecule has 0 heterocycles. The zero-order valence-corrected chi connectivity index (χ0v) is 16.5. The number of ether oxygens (including phenoxy) is 1. The van der Waals surface area contributed by atoms with E-state index in [9.17, 15) is 9.59 Å². The smallest absolute Gasteiger partial charge is 0.255 e. The Labute approximate surface area is 161 Å². The Bertz CT molecular complexity index is 792. The van der Waals surface area contributed by atoms with Crippen LogP contribution in [0.4, 0.5) is 5.69 Å². The van der Waals surface area contributed by atoms with Crippen LogP contribution in [-0.2, 0) is 4.79 Å². The summed E-state index contributed by atoms with van der Waals surface area (Å²) in [4.78, 5) is 24.5. The molecule has 0 aromatic heterocycles. The molecule has 0 spiro atoms. The maximum absolute atomic E-state index is 12.3. The predicted molar refractivity (Wildman–Crippen MR) is 108 cm³/mol. The number of carbonyl (C=O) groups is 2. The average Bonchev–Trinajstić information content (AvgIpc) is 2.62. The zero-order chi connectivity index (χ0) is 19.8. The molecule has 0 saturated heterocycles. The van der Waals surface area contributed by atoms with E-state index >= 15 is 0 Å². The first-order chi connectivity index (χ1) is 12.9. The van der Waals surface area contributed by atoms with Crippen molar-refractivity contribution in [3.8, 4) is 5.75 Å². The van der Waals surface area contributed by atoms with E-state index < -0.39 is 0 Å². The van der Waals surface area contributed by atoms with Crippen LogP contribution >= 0.6 is 0 Å². The van der Waals surface area contributed by atoms with Gasteiger partial charge in [-0.25, -0.2) is 0 Å². The lowest BCUT2D eigenvalue weighted by molar-refractivity contribution is -0.116. The van der Waals surface area contributed by atoms with Crippen LogP contribution in [-0.4, -0.2) is 25.0 Å². The molecule has 2 amide bonds. The number of hydrogen-bond acceptors (Lipinski definition) is 3. The topological polar surface area (TPSA) is 67.4 Å². The number of benzene rings is 2. The van der Waals surface area contributed by atoms with Crippen molar-refractivity contribution in [3.63, 3.8) is 0 Å². The molecule has 2 rings (SSSR count). The van der Waals surface area contributed by atoms with Crippen molar-refractivity contribution in [1.29, 1.82) is 0 Å². The molecule has 0 saturated carbocycles. The molecule has 2 aromatic rings. The Morgan fingerprint density at radius 3 is 2.37 bits per heavy atom. The summed E-state index contributed by atoms with van der Waals surface area (Å²) in [7, 11) is 0. The molecule has 0 bridgehead atoms. The molecular weight excluding hydrogens is 340 g/mol. The quantitative estimate of drug-likeness (QED) is 0.688. The monoisotopic (exact) mass is 368 g/mol. The van der Waals surface area contributed by atoms with Gasteiger partial charge in [0.1, 0.15) is 5.75 Å². The second-order valence-electron chi connectivity index (χ2n) is 6.61. The van der Waals surface area contributed by atoms with Gasteiger partial charge in [-0.3, -0.25) is 9.59 Å². The molecule has 0 aliphatic heterocycles. The third-order valence-electron chi connectivity index (χ3n) is 4.24. The second kappa shape index (κ2) is 9.76. The van der Waals surface area contributed by atoms with Crippen LogP contribution in [0.1, 0.15) is 46.8 Å². The number of nitrogens with one attached hydrogen (secondary N) is 2. The minimum atomic E-state index is -0.190. The molecule has 5 nitrogen and oxygen atoms in total. The van der Waals surface area contributed by atoms with Crippen LogP contribution in [0.3, 0.4) is 0 Å². The van der Waals surface area contributed by atoms with Gasteiger partial charge in [-0.2, -0.15) is 0 Å². The second-order valence-corrected chi connectivity index (χ2v) is 6.61. The van der Waals surface area contributed by atoms with Gasteiger partial charge in [-0.05, 0) is 57.4 Å². The fourth-order valence-electron chi connectivity index (χ4n) is 3.06. The molecule has 5 heteroatoms. The van der Waals surface area contributed by atoms with E-state index in [1.54, 1.807) is 18.2 Å². The minimum Gasteiger partial charge on any atom is -0.493 e. The first-order valence-electron chi connectivity index (χ1n) is 9.30. The van der Waals surface area contributed by atoms with Gasteiger partial charge in [0.2, 0.25) is 5.91 Å². The summed E-state index contributed by atoms with van der Waals surface area (Å²) >= 11 is 0. The summed E-state index contributed by atoms with van der Waals surface area (Å²) in [6.45, 7) is 8.83. The fourth-order valence-corrected chi connectivity index (χ4v) is 3.06. The van der Waals surface area contributed by atoms with Crippen molar-refractivity contribution in [3.05, 3.63) is 58.7 Å².